The molecule has 0 bridgehead atoms. The maximum absolute atomic E-state index is 5.54. The van der Waals surface area contributed by atoms with Crippen LogP contribution in [0.25, 0.3) is 10.8 Å². The molecule has 0 aliphatic heterocycles. The monoisotopic (exact) mass is 270 g/mol. The van der Waals surface area contributed by atoms with Crippen LogP contribution in [0.5, 0.6) is 0 Å². The second-order valence-electron chi connectivity index (χ2n) is 4.33. The molecule has 1 unspecified atom stereocenters. The topological polar surface area (TPSA) is 67.6 Å². The normalized spacial score (nSPS) is 12.7. The summed E-state index contributed by atoms with van der Waals surface area (Å²) in [6.07, 6.45) is 0. The predicted octanol–water partition coefficient (Wildman–Crippen LogP) is 3.39. The number of H-pyrrole nitrogens is 1. The van der Waals surface area contributed by atoms with E-state index in [1.54, 1.807) is 11.8 Å². The summed E-state index contributed by atoms with van der Waals surface area (Å²) >= 11 is 1.60. The van der Waals surface area contributed by atoms with Crippen LogP contribution in [-0.2, 0) is 0 Å². The Hall–Kier alpha value is -2.01. The van der Waals surface area contributed by atoms with Gasteiger partial charge in [-0.15, -0.1) is 5.10 Å². The number of anilines is 1. The molecule has 0 aliphatic carbocycles. The van der Waals surface area contributed by atoms with E-state index >= 15 is 0 Å². The fraction of sp³-hybridized carbons (Fsp3) is 0.143. The summed E-state index contributed by atoms with van der Waals surface area (Å²) in [5.41, 5.74) is 6.82. The van der Waals surface area contributed by atoms with Crippen LogP contribution in [0.2, 0.25) is 0 Å². The van der Waals surface area contributed by atoms with Gasteiger partial charge in [0.2, 0.25) is 11.1 Å². The summed E-state index contributed by atoms with van der Waals surface area (Å²) in [6.45, 7) is 2.15. The highest BCUT2D eigenvalue weighted by atomic mass is 32.2. The maximum Gasteiger partial charge on any atom is 0.216 e. The van der Waals surface area contributed by atoms with Gasteiger partial charge in [0.05, 0.1) is 0 Å². The molecule has 0 saturated heterocycles. The minimum Gasteiger partial charge on any atom is -0.368 e. The summed E-state index contributed by atoms with van der Waals surface area (Å²) in [5, 5.41) is 10.2. The molecule has 0 spiro atoms. The first-order valence-corrected chi connectivity index (χ1v) is 6.94. The van der Waals surface area contributed by atoms with Crippen molar-refractivity contribution in [2.24, 2.45) is 0 Å². The number of nitrogens with one attached hydrogen (secondary N) is 1. The molecule has 0 aliphatic rings. The molecule has 1 atom stereocenters. The molecular formula is C14H14N4S. The number of nitrogens with zero attached hydrogens (tertiary/aromatic N) is 2. The second-order valence-corrected chi connectivity index (χ2v) is 5.64. The lowest BCUT2D eigenvalue weighted by atomic mass is 10.0. The zero-order valence-electron chi connectivity index (χ0n) is 10.5. The van der Waals surface area contributed by atoms with E-state index in [1.807, 2.05) is 0 Å². The molecule has 1 aromatic heterocycles. The zero-order valence-corrected chi connectivity index (χ0v) is 11.3. The Balaban J connectivity index is 1.95. The van der Waals surface area contributed by atoms with E-state index in [2.05, 4.69) is 64.6 Å². The van der Waals surface area contributed by atoms with Crippen molar-refractivity contribution < 1.29 is 0 Å². The predicted molar refractivity (Wildman–Crippen MR) is 79.0 cm³/mol. The van der Waals surface area contributed by atoms with Crippen molar-refractivity contribution >= 4 is 28.5 Å². The standard InChI is InChI=1S/C14H14N4S/c1-9(19-14-16-13(15)17-18-14)11-8-4-6-10-5-2-3-7-12(10)11/h2-9H,1H3,(H3,15,16,17,18). The summed E-state index contributed by atoms with van der Waals surface area (Å²) < 4.78 is 0. The third kappa shape index (κ3) is 2.42. The Labute approximate surface area is 115 Å². The summed E-state index contributed by atoms with van der Waals surface area (Å²) in [7, 11) is 0. The van der Waals surface area contributed by atoms with Gasteiger partial charge in [-0.1, -0.05) is 54.2 Å². The van der Waals surface area contributed by atoms with Crippen LogP contribution >= 0.6 is 11.8 Å². The number of aromatic amines is 1. The third-order valence-electron chi connectivity index (χ3n) is 3.03. The van der Waals surface area contributed by atoms with Crippen molar-refractivity contribution in [3.63, 3.8) is 0 Å². The van der Waals surface area contributed by atoms with Crippen molar-refractivity contribution in [2.75, 3.05) is 5.73 Å². The Morgan fingerprint density at radius 3 is 2.74 bits per heavy atom. The first kappa shape index (κ1) is 12.0. The maximum atomic E-state index is 5.54. The van der Waals surface area contributed by atoms with Crippen LogP contribution in [0.3, 0.4) is 0 Å². The van der Waals surface area contributed by atoms with Crippen molar-refractivity contribution in [3.05, 3.63) is 48.0 Å². The van der Waals surface area contributed by atoms with Gasteiger partial charge >= 0.3 is 0 Å². The average Bonchev–Trinajstić information content (AvgIpc) is 2.83. The number of thioether (sulfide) groups is 1. The smallest absolute Gasteiger partial charge is 0.216 e. The quantitative estimate of drug-likeness (QED) is 0.716. The third-order valence-corrected chi connectivity index (χ3v) is 4.03. The molecule has 1 heterocycles. The molecule has 0 radical (unpaired) electrons. The van der Waals surface area contributed by atoms with Gasteiger partial charge in [-0.25, -0.2) is 5.10 Å². The molecule has 3 aromatic rings. The molecular weight excluding hydrogens is 256 g/mol. The number of rotatable bonds is 3. The van der Waals surface area contributed by atoms with Crippen molar-refractivity contribution in [3.8, 4) is 0 Å². The van der Waals surface area contributed by atoms with Crippen molar-refractivity contribution in [1.29, 1.82) is 0 Å². The molecule has 5 heteroatoms. The molecule has 3 rings (SSSR count). The number of benzene rings is 2. The van der Waals surface area contributed by atoms with Gasteiger partial charge in [0.15, 0.2) is 0 Å². The molecule has 0 amide bonds. The lowest BCUT2D eigenvalue weighted by Crippen LogP contribution is -1.91. The van der Waals surface area contributed by atoms with E-state index in [0.717, 1.165) is 0 Å². The van der Waals surface area contributed by atoms with Crippen molar-refractivity contribution in [1.82, 2.24) is 15.2 Å². The van der Waals surface area contributed by atoms with Gasteiger partial charge in [0.1, 0.15) is 0 Å². The molecule has 0 fully saturated rings. The molecule has 19 heavy (non-hydrogen) atoms. The number of nitrogens with two attached hydrogens (primary N) is 1. The van der Waals surface area contributed by atoms with E-state index in [4.69, 9.17) is 5.73 Å². The van der Waals surface area contributed by atoms with Gasteiger partial charge in [-0.05, 0) is 23.3 Å². The zero-order chi connectivity index (χ0) is 13.2. The first-order valence-electron chi connectivity index (χ1n) is 6.06. The van der Waals surface area contributed by atoms with Gasteiger partial charge in [0.25, 0.3) is 0 Å². The van der Waals surface area contributed by atoms with Crippen LogP contribution in [0.15, 0.2) is 47.6 Å². The van der Waals surface area contributed by atoms with Crippen LogP contribution in [0, 0.1) is 0 Å². The number of hydrogen-bond acceptors (Lipinski definition) is 4. The fourth-order valence-corrected chi connectivity index (χ4v) is 3.04. The van der Waals surface area contributed by atoms with Gasteiger partial charge in [-0.2, -0.15) is 4.98 Å². The SMILES string of the molecule is CC(Sc1n[nH]c(N)n1)c1cccc2ccccc12. The highest BCUT2D eigenvalue weighted by Crippen LogP contribution is 2.36. The van der Waals surface area contributed by atoms with Crippen LogP contribution < -0.4 is 5.73 Å². The molecule has 3 N–H and O–H groups in total. The number of fused-ring (bicyclic) bond motifs is 1. The Morgan fingerprint density at radius 1 is 1.16 bits per heavy atom. The molecule has 4 nitrogen and oxygen atoms in total. The summed E-state index contributed by atoms with van der Waals surface area (Å²) in [6, 6.07) is 14.8. The Morgan fingerprint density at radius 2 is 1.95 bits per heavy atom. The van der Waals surface area contributed by atoms with E-state index in [1.165, 1.54) is 16.3 Å². The van der Waals surface area contributed by atoms with Gasteiger partial charge in [0, 0.05) is 5.25 Å². The Bertz CT molecular complexity index is 702. The van der Waals surface area contributed by atoms with E-state index in [9.17, 15) is 0 Å². The number of nitrogen functional groups attached to an aromatic ring is 1. The number of aromatic nitrogens is 3. The molecule has 0 saturated carbocycles. The highest BCUT2D eigenvalue weighted by molar-refractivity contribution is 7.99. The fourth-order valence-electron chi connectivity index (χ4n) is 2.14. The van der Waals surface area contributed by atoms with E-state index < -0.39 is 0 Å². The first-order chi connectivity index (χ1) is 9.24. The lowest BCUT2D eigenvalue weighted by Gasteiger charge is -2.12. The minimum atomic E-state index is 0.265. The largest absolute Gasteiger partial charge is 0.368 e. The van der Waals surface area contributed by atoms with Crippen LogP contribution in [0.1, 0.15) is 17.7 Å². The van der Waals surface area contributed by atoms with Gasteiger partial charge in [-0.3, -0.25) is 0 Å². The van der Waals surface area contributed by atoms with Crippen molar-refractivity contribution in [2.45, 2.75) is 17.3 Å². The highest BCUT2D eigenvalue weighted by Gasteiger charge is 2.13. The average molecular weight is 270 g/mol. The van der Waals surface area contributed by atoms with E-state index in [-0.39, 0.29) is 5.25 Å². The summed E-state index contributed by atoms with van der Waals surface area (Å²) in [5.74, 6) is 0.354. The van der Waals surface area contributed by atoms with Crippen LogP contribution in [0.4, 0.5) is 5.95 Å². The van der Waals surface area contributed by atoms with Crippen LogP contribution in [-0.4, -0.2) is 15.2 Å². The second kappa shape index (κ2) is 4.93. The summed E-state index contributed by atoms with van der Waals surface area (Å²) in [4.78, 5) is 4.13. The molecule has 2 aromatic carbocycles. The molecule has 96 valence electrons. The lowest BCUT2D eigenvalue weighted by molar-refractivity contribution is 0.961. The van der Waals surface area contributed by atoms with Gasteiger partial charge < -0.3 is 5.73 Å². The Kier molecular flexibility index (Phi) is 3.13. The minimum absolute atomic E-state index is 0.265. The van der Waals surface area contributed by atoms with E-state index in [0.29, 0.717) is 11.1 Å². The number of hydrogen-bond donors (Lipinski definition) is 2.